The van der Waals surface area contributed by atoms with Crippen LogP contribution in [0.2, 0.25) is 0 Å². The normalized spacial score (nSPS) is 20.7. The summed E-state index contributed by atoms with van der Waals surface area (Å²) in [6, 6.07) is 0. The average molecular weight is 197 g/mol. The van der Waals surface area contributed by atoms with E-state index in [-0.39, 0.29) is 0 Å². The Kier molecular flexibility index (Phi) is 5.16. The standard InChI is InChI=1S/C12H23NO/c1-3-5-10(4-2)12(14)11-6-8-13-9-7-11/h10-11,13H,3-9H2,1-2H3. The SMILES string of the molecule is CCCC(CC)C(=O)C1CCNCC1. The molecule has 1 fully saturated rings. The minimum absolute atomic E-state index is 0.336. The van der Waals surface area contributed by atoms with Crippen LogP contribution in [0.4, 0.5) is 0 Å². The minimum atomic E-state index is 0.336. The molecule has 1 saturated heterocycles. The largest absolute Gasteiger partial charge is 0.317 e. The zero-order valence-electron chi connectivity index (χ0n) is 9.51. The van der Waals surface area contributed by atoms with Crippen molar-refractivity contribution in [3.63, 3.8) is 0 Å². The Hall–Kier alpha value is -0.370. The molecule has 2 nitrogen and oxygen atoms in total. The van der Waals surface area contributed by atoms with Crippen molar-refractivity contribution in [3.8, 4) is 0 Å². The number of carbonyl (C=O) groups is 1. The summed E-state index contributed by atoms with van der Waals surface area (Å²) in [6.07, 6.45) is 5.35. The quantitative estimate of drug-likeness (QED) is 0.733. The van der Waals surface area contributed by atoms with E-state index in [0.717, 1.165) is 45.2 Å². The highest BCUT2D eigenvalue weighted by atomic mass is 16.1. The number of hydrogen-bond acceptors (Lipinski definition) is 2. The van der Waals surface area contributed by atoms with E-state index in [1.54, 1.807) is 0 Å². The van der Waals surface area contributed by atoms with Crippen molar-refractivity contribution in [3.05, 3.63) is 0 Å². The van der Waals surface area contributed by atoms with Crippen molar-refractivity contribution in [2.45, 2.75) is 46.0 Å². The summed E-state index contributed by atoms with van der Waals surface area (Å²) in [5.41, 5.74) is 0. The van der Waals surface area contributed by atoms with Gasteiger partial charge in [0.1, 0.15) is 5.78 Å². The van der Waals surface area contributed by atoms with Crippen molar-refractivity contribution < 1.29 is 4.79 Å². The van der Waals surface area contributed by atoms with Crippen LogP contribution in [-0.4, -0.2) is 18.9 Å². The molecule has 0 spiro atoms. The Bertz CT molecular complexity index is 166. The summed E-state index contributed by atoms with van der Waals surface area (Å²) in [7, 11) is 0. The number of nitrogens with one attached hydrogen (secondary N) is 1. The zero-order chi connectivity index (χ0) is 10.4. The number of rotatable bonds is 5. The summed E-state index contributed by atoms with van der Waals surface area (Å²) in [5, 5.41) is 3.31. The second-order valence-electron chi connectivity index (χ2n) is 4.32. The molecule has 0 saturated carbocycles. The third-order valence-electron chi connectivity index (χ3n) is 3.27. The van der Waals surface area contributed by atoms with Crippen LogP contribution in [0.25, 0.3) is 0 Å². The van der Waals surface area contributed by atoms with Crippen LogP contribution < -0.4 is 5.32 Å². The maximum absolute atomic E-state index is 12.1. The van der Waals surface area contributed by atoms with E-state index >= 15 is 0 Å². The molecule has 0 aromatic carbocycles. The molecule has 1 aliphatic rings. The molecule has 0 radical (unpaired) electrons. The Morgan fingerprint density at radius 2 is 2.00 bits per heavy atom. The van der Waals surface area contributed by atoms with Gasteiger partial charge in [0.15, 0.2) is 0 Å². The van der Waals surface area contributed by atoms with Gasteiger partial charge in [0.2, 0.25) is 0 Å². The molecular weight excluding hydrogens is 174 g/mol. The minimum Gasteiger partial charge on any atom is -0.317 e. The van der Waals surface area contributed by atoms with Crippen LogP contribution >= 0.6 is 0 Å². The van der Waals surface area contributed by atoms with Gasteiger partial charge in [-0.3, -0.25) is 4.79 Å². The molecule has 1 aliphatic heterocycles. The highest BCUT2D eigenvalue weighted by Crippen LogP contribution is 2.22. The molecule has 0 bridgehead atoms. The zero-order valence-corrected chi connectivity index (χ0v) is 9.51. The topological polar surface area (TPSA) is 29.1 Å². The molecule has 1 N–H and O–H groups in total. The molecule has 0 aromatic rings. The lowest BCUT2D eigenvalue weighted by Crippen LogP contribution is -2.34. The number of carbonyl (C=O) groups excluding carboxylic acids is 1. The monoisotopic (exact) mass is 197 g/mol. The van der Waals surface area contributed by atoms with Gasteiger partial charge in [-0.1, -0.05) is 20.3 Å². The highest BCUT2D eigenvalue weighted by molar-refractivity contribution is 5.83. The van der Waals surface area contributed by atoms with Crippen LogP contribution in [0.1, 0.15) is 46.0 Å². The van der Waals surface area contributed by atoms with Crippen molar-refractivity contribution in [2.75, 3.05) is 13.1 Å². The molecule has 2 heteroatoms. The Morgan fingerprint density at radius 1 is 1.36 bits per heavy atom. The summed E-state index contributed by atoms with van der Waals surface area (Å²) in [6.45, 7) is 6.36. The third kappa shape index (κ3) is 3.09. The first-order valence-electron chi connectivity index (χ1n) is 6.04. The van der Waals surface area contributed by atoms with E-state index in [1.165, 1.54) is 0 Å². The van der Waals surface area contributed by atoms with E-state index in [4.69, 9.17) is 0 Å². The number of Topliss-reactive ketones (excluding diaryl/α,β-unsaturated/α-hetero) is 1. The molecular formula is C12H23NO. The molecule has 1 atom stereocenters. The summed E-state index contributed by atoms with van der Waals surface area (Å²) < 4.78 is 0. The van der Waals surface area contributed by atoms with E-state index in [2.05, 4.69) is 19.2 Å². The van der Waals surface area contributed by atoms with Crippen LogP contribution in [0, 0.1) is 11.8 Å². The van der Waals surface area contributed by atoms with Gasteiger partial charge >= 0.3 is 0 Å². The lowest BCUT2D eigenvalue weighted by atomic mass is 9.83. The number of piperidine rings is 1. The Morgan fingerprint density at radius 3 is 2.50 bits per heavy atom. The van der Waals surface area contributed by atoms with Gasteiger partial charge in [0.25, 0.3) is 0 Å². The predicted octanol–water partition coefficient (Wildman–Crippen LogP) is 2.38. The van der Waals surface area contributed by atoms with Crippen LogP contribution in [0.3, 0.4) is 0 Å². The van der Waals surface area contributed by atoms with Crippen LogP contribution in [0.5, 0.6) is 0 Å². The highest BCUT2D eigenvalue weighted by Gasteiger charge is 2.26. The maximum Gasteiger partial charge on any atom is 0.139 e. The van der Waals surface area contributed by atoms with Crippen molar-refractivity contribution >= 4 is 5.78 Å². The molecule has 14 heavy (non-hydrogen) atoms. The smallest absolute Gasteiger partial charge is 0.139 e. The van der Waals surface area contributed by atoms with E-state index in [1.807, 2.05) is 0 Å². The van der Waals surface area contributed by atoms with Gasteiger partial charge in [-0.2, -0.15) is 0 Å². The third-order valence-corrected chi connectivity index (χ3v) is 3.27. The molecule has 0 aliphatic carbocycles. The van der Waals surface area contributed by atoms with Gasteiger partial charge in [-0.15, -0.1) is 0 Å². The summed E-state index contributed by atoms with van der Waals surface area (Å²) in [4.78, 5) is 12.1. The van der Waals surface area contributed by atoms with E-state index < -0.39 is 0 Å². The molecule has 1 heterocycles. The maximum atomic E-state index is 12.1. The molecule has 0 aromatic heterocycles. The Balaban J connectivity index is 2.43. The molecule has 82 valence electrons. The van der Waals surface area contributed by atoms with Crippen LogP contribution in [0.15, 0.2) is 0 Å². The van der Waals surface area contributed by atoms with Crippen molar-refractivity contribution in [1.82, 2.24) is 5.32 Å². The first kappa shape index (κ1) is 11.7. The lowest BCUT2D eigenvalue weighted by Gasteiger charge is -2.25. The number of hydrogen-bond donors (Lipinski definition) is 1. The van der Waals surface area contributed by atoms with Crippen molar-refractivity contribution in [2.24, 2.45) is 11.8 Å². The van der Waals surface area contributed by atoms with E-state index in [9.17, 15) is 4.79 Å². The molecule has 1 unspecified atom stereocenters. The van der Waals surface area contributed by atoms with Gasteiger partial charge in [-0.05, 0) is 38.8 Å². The fraction of sp³-hybridized carbons (Fsp3) is 0.917. The summed E-state index contributed by atoms with van der Waals surface area (Å²) >= 11 is 0. The molecule has 0 amide bonds. The Labute approximate surface area is 87.5 Å². The lowest BCUT2D eigenvalue weighted by molar-refractivity contribution is -0.127. The van der Waals surface area contributed by atoms with Crippen LogP contribution in [-0.2, 0) is 4.79 Å². The fourth-order valence-electron chi connectivity index (χ4n) is 2.34. The van der Waals surface area contributed by atoms with E-state index in [0.29, 0.717) is 17.6 Å². The predicted molar refractivity (Wildman–Crippen MR) is 59.3 cm³/mol. The molecule has 1 rings (SSSR count). The van der Waals surface area contributed by atoms with Gasteiger partial charge in [-0.25, -0.2) is 0 Å². The second kappa shape index (κ2) is 6.18. The van der Waals surface area contributed by atoms with Gasteiger partial charge < -0.3 is 5.32 Å². The average Bonchev–Trinajstić information content (AvgIpc) is 2.26. The fourth-order valence-corrected chi connectivity index (χ4v) is 2.34. The second-order valence-corrected chi connectivity index (χ2v) is 4.32. The van der Waals surface area contributed by atoms with Gasteiger partial charge in [0.05, 0.1) is 0 Å². The van der Waals surface area contributed by atoms with Gasteiger partial charge in [0, 0.05) is 11.8 Å². The first-order chi connectivity index (χ1) is 6.79. The first-order valence-corrected chi connectivity index (χ1v) is 6.04. The van der Waals surface area contributed by atoms with Crippen molar-refractivity contribution in [1.29, 1.82) is 0 Å². The summed E-state index contributed by atoms with van der Waals surface area (Å²) in [5.74, 6) is 1.23. The number of ketones is 1.